The third kappa shape index (κ3) is 5.37. The van der Waals surface area contributed by atoms with E-state index in [0.717, 1.165) is 0 Å². The van der Waals surface area contributed by atoms with Crippen molar-refractivity contribution in [1.29, 1.82) is 0 Å². The van der Waals surface area contributed by atoms with Crippen LogP contribution in [0.5, 0.6) is 0 Å². The van der Waals surface area contributed by atoms with Gasteiger partial charge in [-0.25, -0.2) is 8.78 Å². The van der Waals surface area contributed by atoms with Gasteiger partial charge in [-0.2, -0.15) is 8.78 Å². The summed E-state index contributed by atoms with van der Waals surface area (Å²) in [4.78, 5) is 0. The lowest BCUT2D eigenvalue weighted by Gasteiger charge is -2.40. The highest BCUT2D eigenvalue weighted by Crippen LogP contribution is 2.43. The fourth-order valence-corrected chi connectivity index (χ4v) is 3.28. The van der Waals surface area contributed by atoms with Crippen molar-refractivity contribution in [3.05, 3.63) is 11.6 Å². The first kappa shape index (κ1) is 20.6. The van der Waals surface area contributed by atoms with Crippen LogP contribution in [0.1, 0.15) is 32.6 Å². The van der Waals surface area contributed by atoms with Crippen molar-refractivity contribution in [2.75, 3.05) is 13.2 Å². The van der Waals surface area contributed by atoms with Gasteiger partial charge in [-0.1, -0.05) is 13.0 Å². The van der Waals surface area contributed by atoms with E-state index in [0.29, 0.717) is 19.4 Å². The van der Waals surface area contributed by atoms with Gasteiger partial charge in [0.25, 0.3) is 0 Å². The molecule has 1 fully saturated rings. The minimum atomic E-state index is -3.02. The number of hydrogen-bond donors (Lipinski definition) is 4. The number of aliphatic hydroxyl groups is 3. The van der Waals surface area contributed by atoms with Crippen LogP contribution >= 0.6 is 0 Å². The van der Waals surface area contributed by atoms with Gasteiger partial charge in [0, 0.05) is 19.4 Å². The Balaban J connectivity index is 1.99. The Bertz CT molecular complexity index is 479. The molecule has 0 bridgehead atoms. The van der Waals surface area contributed by atoms with E-state index in [1.807, 2.05) is 6.92 Å². The van der Waals surface area contributed by atoms with E-state index in [2.05, 4.69) is 10.1 Å². The molecule has 1 saturated carbocycles. The SMILES string of the molecule is CC1(CN[C@@H]2C=C(COC(F)F)[C@H](O)[C@H](O)[C@H]2O)CCC(F)(F)CC1. The minimum Gasteiger partial charge on any atom is -0.388 e. The topological polar surface area (TPSA) is 82.0 Å². The maximum atomic E-state index is 13.3. The molecule has 9 heteroatoms. The number of nitrogens with one attached hydrogen (secondary N) is 1. The summed E-state index contributed by atoms with van der Waals surface area (Å²) in [6.07, 6.45) is -2.84. The predicted octanol–water partition coefficient (Wildman–Crippen LogP) is 1.42. The summed E-state index contributed by atoms with van der Waals surface area (Å²) in [6.45, 7) is -1.43. The Hall–Kier alpha value is -0.740. The Morgan fingerprint density at radius 2 is 1.76 bits per heavy atom. The molecule has 2 aliphatic carbocycles. The first-order valence-corrected chi connectivity index (χ1v) is 8.29. The van der Waals surface area contributed by atoms with Crippen molar-refractivity contribution in [3.63, 3.8) is 0 Å². The number of ether oxygens (including phenoxy) is 1. The predicted molar refractivity (Wildman–Crippen MR) is 81.4 cm³/mol. The van der Waals surface area contributed by atoms with E-state index in [1.165, 1.54) is 6.08 Å². The number of rotatable bonds is 6. The fourth-order valence-electron chi connectivity index (χ4n) is 3.28. The van der Waals surface area contributed by atoms with Gasteiger partial charge in [-0.3, -0.25) is 0 Å². The van der Waals surface area contributed by atoms with Crippen LogP contribution in [0.4, 0.5) is 17.6 Å². The third-order valence-electron chi connectivity index (χ3n) is 5.14. The van der Waals surface area contributed by atoms with Gasteiger partial charge < -0.3 is 25.4 Å². The summed E-state index contributed by atoms with van der Waals surface area (Å²) in [6, 6.07) is -0.797. The van der Waals surface area contributed by atoms with E-state index < -0.39 is 48.9 Å². The Morgan fingerprint density at radius 3 is 2.32 bits per heavy atom. The average Bonchev–Trinajstić information content (AvgIpc) is 2.54. The van der Waals surface area contributed by atoms with Crippen LogP contribution in [0.3, 0.4) is 0 Å². The molecule has 0 aromatic rings. The van der Waals surface area contributed by atoms with Crippen LogP contribution < -0.4 is 5.32 Å². The van der Waals surface area contributed by atoms with Crippen LogP contribution in [-0.2, 0) is 4.74 Å². The van der Waals surface area contributed by atoms with Gasteiger partial charge >= 0.3 is 6.61 Å². The largest absolute Gasteiger partial charge is 0.388 e. The fraction of sp³-hybridized carbons (Fsp3) is 0.875. The lowest BCUT2D eigenvalue weighted by atomic mass is 9.74. The van der Waals surface area contributed by atoms with Crippen molar-refractivity contribution in [2.45, 2.75) is 69.5 Å². The van der Waals surface area contributed by atoms with Crippen molar-refractivity contribution in [2.24, 2.45) is 5.41 Å². The molecule has 0 aliphatic heterocycles. The van der Waals surface area contributed by atoms with Crippen molar-refractivity contribution < 1.29 is 37.6 Å². The molecule has 0 aromatic heterocycles. The second kappa shape index (κ2) is 7.87. The molecule has 146 valence electrons. The molecule has 0 spiro atoms. The smallest absolute Gasteiger partial charge is 0.345 e. The van der Waals surface area contributed by atoms with Crippen molar-refractivity contribution in [3.8, 4) is 0 Å². The zero-order chi connectivity index (χ0) is 18.8. The molecule has 0 saturated heterocycles. The van der Waals surface area contributed by atoms with E-state index >= 15 is 0 Å². The molecule has 0 heterocycles. The number of hydrogen-bond acceptors (Lipinski definition) is 5. The monoisotopic (exact) mass is 371 g/mol. The maximum absolute atomic E-state index is 13.3. The first-order valence-electron chi connectivity index (χ1n) is 8.29. The Labute approximate surface area is 143 Å². The van der Waals surface area contributed by atoms with Crippen LogP contribution in [0.2, 0.25) is 0 Å². The minimum absolute atomic E-state index is 0.0379. The zero-order valence-electron chi connectivity index (χ0n) is 14.0. The third-order valence-corrected chi connectivity index (χ3v) is 5.14. The highest BCUT2D eigenvalue weighted by molar-refractivity contribution is 5.22. The van der Waals surface area contributed by atoms with Gasteiger partial charge in [-0.05, 0) is 23.8 Å². The van der Waals surface area contributed by atoms with E-state index in [9.17, 15) is 32.9 Å². The number of alkyl halides is 4. The van der Waals surface area contributed by atoms with Gasteiger partial charge in [0.1, 0.15) is 18.3 Å². The first-order chi connectivity index (χ1) is 11.5. The molecule has 5 nitrogen and oxygen atoms in total. The van der Waals surface area contributed by atoms with Crippen LogP contribution in [0, 0.1) is 5.41 Å². The molecule has 25 heavy (non-hydrogen) atoms. The number of halogens is 4. The summed E-state index contributed by atoms with van der Waals surface area (Å²) >= 11 is 0. The van der Waals surface area contributed by atoms with E-state index in [-0.39, 0.29) is 18.4 Å². The number of aliphatic hydroxyl groups excluding tert-OH is 3. The van der Waals surface area contributed by atoms with E-state index in [4.69, 9.17) is 0 Å². The van der Waals surface area contributed by atoms with Crippen molar-refractivity contribution >= 4 is 0 Å². The lowest BCUT2D eigenvalue weighted by Crippen LogP contribution is -2.55. The summed E-state index contributed by atoms with van der Waals surface area (Å²) in [5.74, 6) is -2.65. The zero-order valence-corrected chi connectivity index (χ0v) is 14.0. The van der Waals surface area contributed by atoms with Crippen LogP contribution in [0.15, 0.2) is 11.6 Å². The van der Waals surface area contributed by atoms with Gasteiger partial charge in [0.15, 0.2) is 0 Å². The molecule has 4 N–H and O–H groups in total. The highest BCUT2D eigenvalue weighted by Gasteiger charge is 2.42. The molecule has 0 unspecified atom stereocenters. The molecule has 0 amide bonds. The summed E-state index contributed by atoms with van der Waals surface area (Å²) in [5.41, 5.74) is -0.355. The van der Waals surface area contributed by atoms with Gasteiger partial charge in [-0.15, -0.1) is 0 Å². The van der Waals surface area contributed by atoms with Gasteiger partial charge in [0.2, 0.25) is 5.92 Å². The second-order valence-electron chi connectivity index (χ2n) is 7.31. The normalized spacial score (nSPS) is 34.8. The highest BCUT2D eigenvalue weighted by atomic mass is 19.3. The molecule has 2 aliphatic rings. The molecule has 0 radical (unpaired) electrons. The molecular formula is C16H25F4NO4. The molecule has 4 atom stereocenters. The summed E-state index contributed by atoms with van der Waals surface area (Å²) < 4.78 is 55.1. The van der Waals surface area contributed by atoms with E-state index in [1.54, 1.807) is 0 Å². The summed E-state index contributed by atoms with van der Waals surface area (Å²) in [7, 11) is 0. The van der Waals surface area contributed by atoms with Gasteiger partial charge in [0.05, 0.1) is 12.6 Å². The second-order valence-corrected chi connectivity index (χ2v) is 7.31. The van der Waals surface area contributed by atoms with Crippen LogP contribution in [-0.4, -0.2) is 65.4 Å². The maximum Gasteiger partial charge on any atom is 0.345 e. The Morgan fingerprint density at radius 1 is 1.16 bits per heavy atom. The summed E-state index contributed by atoms with van der Waals surface area (Å²) in [5, 5.41) is 32.8. The van der Waals surface area contributed by atoms with Crippen LogP contribution in [0.25, 0.3) is 0 Å². The molecule has 0 aromatic carbocycles. The Kier molecular flexibility index (Phi) is 6.48. The average molecular weight is 371 g/mol. The molecule has 2 rings (SSSR count). The lowest BCUT2D eigenvalue weighted by molar-refractivity contribution is -0.129. The van der Waals surface area contributed by atoms with Crippen molar-refractivity contribution in [1.82, 2.24) is 5.32 Å². The molecular weight excluding hydrogens is 346 g/mol. The quantitative estimate of drug-likeness (QED) is 0.419. The standard InChI is InChI=1S/C16H25F4NO4/c1-15(2-4-16(19,20)5-3-15)8-21-10-6-9(7-25-14(17)18)11(22)13(24)12(10)23/h6,10-14,21-24H,2-5,7-8H2,1H3/t10-,11+,12+,13+/m1/s1.